The van der Waals surface area contributed by atoms with E-state index in [-0.39, 0.29) is 0 Å². The number of halogens is 1. The van der Waals surface area contributed by atoms with Crippen molar-refractivity contribution < 1.29 is 0 Å². The predicted molar refractivity (Wildman–Crippen MR) is 74.0 cm³/mol. The zero-order valence-corrected chi connectivity index (χ0v) is 10.9. The lowest BCUT2D eigenvalue weighted by Crippen LogP contribution is -2.00. The Morgan fingerprint density at radius 1 is 1.28 bits per heavy atom. The molecule has 6 heteroatoms. The summed E-state index contributed by atoms with van der Waals surface area (Å²) in [5, 5.41) is 4.82. The van der Waals surface area contributed by atoms with Crippen molar-refractivity contribution in [1.29, 1.82) is 0 Å². The van der Waals surface area contributed by atoms with E-state index in [1.807, 2.05) is 24.3 Å². The van der Waals surface area contributed by atoms with Crippen LogP contribution in [0.3, 0.4) is 0 Å². The summed E-state index contributed by atoms with van der Waals surface area (Å²) in [4.78, 5) is 12.5. The van der Waals surface area contributed by atoms with Gasteiger partial charge in [0.1, 0.15) is 6.33 Å². The SMILES string of the molecule is Clc1cccc2nc(NCc3ccncn3)sc12. The first-order valence-corrected chi connectivity index (χ1v) is 6.56. The molecule has 2 heterocycles. The number of thiazole rings is 1. The molecule has 0 aliphatic rings. The summed E-state index contributed by atoms with van der Waals surface area (Å²) in [5.41, 5.74) is 1.84. The van der Waals surface area contributed by atoms with Crippen LogP contribution in [0.15, 0.2) is 36.8 Å². The average molecular weight is 277 g/mol. The van der Waals surface area contributed by atoms with E-state index in [9.17, 15) is 0 Å². The Morgan fingerprint density at radius 2 is 2.22 bits per heavy atom. The summed E-state index contributed by atoms with van der Waals surface area (Å²) in [6.45, 7) is 0.625. The Bertz CT molecular complexity index is 668. The van der Waals surface area contributed by atoms with Crippen molar-refractivity contribution in [2.75, 3.05) is 5.32 Å². The topological polar surface area (TPSA) is 50.7 Å². The van der Waals surface area contributed by atoms with Gasteiger partial charge >= 0.3 is 0 Å². The molecule has 0 bridgehead atoms. The molecule has 0 atom stereocenters. The molecular weight excluding hydrogens is 268 g/mol. The van der Waals surface area contributed by atoms with Gasteiger partial charge in [0.2, 0.25) is 0 Å². The van der Waals surface area contributed by atoms with Gasteiger partial charge in [0.05, 0.1) is 27.5 Å². The van der Waals surface area contributed by atoms with E-state index in [1.165, 1.54) is 6.33 Å². The molecule has 4 nitrogen and oxygen atoms in total. The highest BCUT2D eigenvalue weighted by Crippen LogP contribution is 2.31. The van der Waals surface area contributed by atoms with E-state index < -0.39 is 0 Å². The largest absolute Gasteiger partial charge is 0.356 e. The van der Waals surface area contributed by atoms with Crippen LogP contribution in [-0.2, 0) is 6.54 Å². The lowest BCUT2D eigenvalue weighted by Gasteiger charge is -2.00. The summed E-state index contributed by atoms with van der Waals surface area (Å²) in [7, 11) is 0. The van der Waals surface area contributed by atoms with Gasteiger partial charge < -0.3 is 5.32 Å². The van der Waals surface area contributed by atoms with Gasteiger partial charge in [0, 0.05) is 6.20 Å². The van der Waals surface area contributed by atoms with Gasteiger partial charge in [-0.25, -0.2) is 15.0 Å². The standard InChI is InChI=1S/C12H9ClN4S/c13-9-2-1-3-10-11(9)18-12(17-10)15-6-8-4-5-14-7-16-8/h1-5,7H,6H2,(H,15,17). The Hall–Kier alpha value is -1.72. The fourth-order valence-corrected chi connectivity index (χ4v) is 2.73. The lowest BCUT2D eigenvalue weighted by molar-refractivity contribution is 1.00. The van der Waals surface area contributed by atoms with E-state index in [1.54, 1.807) is 17.5 Å². The number of anilines is 1. The van der Waals surface area contributed by atoms with Crippen molar-refractivity contribution in [3.63, 3.8) is 0 Å². The van der Waals surface area contributed by atoms with E-state index in [2.05, 4.69) is 20.3 Å². The molecule has 0 saturated carbocycles. The second kappa shape index (κ2) is 4.88. The fourth-order valence-electron chi connectivity index (χ4n) is 1.58. The Kier molecular flexibility index (Phi) is 3.08. The van der Waals surface area contributed by atoms with Crippen LogP contribution in [0.4, 0.5) is 5.13 Å². The highest BCUT2D eigenvalue weighted by Gasteiger charge is 2.06. The molecule has 3 aromatic rings. The van der Waals surface area contributed by atoms with Gasteiger partial charge in [-0.15, -0.1) is 0 Å². The molecule has 0 fully saturated rings. The van der Waals surface area contributed by atoms with Crippen LogP contribution in [0.2, 0.25) is 5.02 Å². The van der Waals surface area contributed by atoms with E-state index in [0.717, 1.165) is 26.1 Å². The number of nitrogens with zero attached hydrogens (tertiary/aromatic N) is 3. The predicted octanol–water partition coefficient (Wildman–Crippen LogP) is 3.35. The number of nitrogens with one attached hydrogen (secondary N) is 1. The summed E-state index contributed by atoms with van der Waals surface area (Å²) in [6.07, 6.45) is 3.26. The number of hydrogen-bond acceptors (Lipinski definition) is 5. The van der Waals surface area contributed by atoms with Crippen molar-refractivity contribution in [3.8, 4) is 0 Å². The first-order chi connectivity index (χ1) is 8.83. The minimum atomic E-state index is 0.625. The second-order valence-corrected chi connectivity index (χ2v) is 5.07. The van der Waals surface area contributed by atoms with E-state index >= 15 is 0 Å². The van der Waals surface area contributed by atoms with Crippen LogP contribution in [0.5, 0.6) is 0 Å². The maximum atomic E-state index is 6.11. The van der Waals surface area contributed by atoms with Gasteiger partial charge in [-0.2, -0.15) is 0 Å². The molecule has 0 radical (unpaired) electrons. The molecule has 3 rings (SSSR count). The first kappa shape index (κ1) is 11.4. The highest BCUT2D eigenvalue weighted by molar-refractivity contribution is 7.22. The Morgan fingerprint density at radius 3 is 3.00 bits per heavy atom. The van der Waals surface area contributed by atoms with Crippen molar-refractivity contribution in [3.05, 3.63) is 47.5 Å². The average Bonchev–Trinajstić information content (AvgIpc) is 2.82. The van der Waals surface area contributed by atoms with Crippen LogP contribution in [-0.4, -0.2) is 15.0 Å². The molecule has 18 heavy (non-hydrogen) atoms. The van der Waals surface area contributed by atoms with Crippen molar-refractivity contribution in [2.24, 2.45) is 0 Å². The first-order valence-electron chi connectivity index (χ1n) is 5.37. The lowest BCUT2D eigenvalue weighted by atomic mass is 10.3. The molecule has 90 valence electrons. The molecule has 0 aliphatic heterocycles. The third-order valence-electron chi connectivity index (χ3n) is 2.43. The normalized spacial score (nSPS) is 10.7. The quantitative estimate of drug-likeness (QED) is 0.797. The molecule has 0 amide bonds. The Labute approximate surface area is 113 Å². The molecule has 0 unspecified atom stereocenters. The van der Waals surface area contributed by atoms with Crippen LogP contribution < -0.4 is 5.32 Å². The zero-order valence-electron chi connectivity index (χ0n) is 9.30. The molecule has 2 aromatic heterocycles. The van der Waals surface area contributed by atoms with Crippen LogP contribution in [0.1, 0.15) is 5.69 Å². The van der Waals surface area contributed by atoms with Crippen molar-refractivity contribution in [1.82, 2.24) is 15.0 Å². The fraction of sp³-hybridized carbons (Fsp3) is 0.0833. The smallest absolute Gasteiger partial charge is 0.184 e. The highest BCUT2D eigenvalue weighted by atomic mass is 35.5. The Balaban J connectivity index is 1.81. The second-order valence-electron chi connectivity index (χ2n) is 3.66. The van der Waals surface area contributed by atoms with Gasteiger partial charge in [-0.3, -0.25) is 0 Å². The van der Waals surface area contributed by atoms with Gasteiger partial charge in [-0.05, 0) is 18.2 Å². The summed E-state index contributed by atoms with van der Waals surface area (Å²) >= 11 is 7.66. The maximum Gasteiger partial charge on any atom is 0.184 e. The monoisotopic (exact) mass is 276 g/mol. The molecule has 1 aromatic carbocycles. The van der Waals surface area contributed by atoms with Crippen LogP contribution >= 0.6 is 22.9 Å². The van der Waals surface area contributed by atoms with Crippen LogP contribution in [0, 0.1) is 0 Å². The summed E-state index contributed by atoms with van der Waals surface area (Å²) in [5.74, 6) is 0. The molecule has 0 aliphatic carbocycles. The third-order valence-corrected chi connectivity index (χ3v) is 3.92. The van der Waals surface area contributed by atoms with E-state index in [4.69, 9.17) is 11.6 Å². The third kappa shape index (κ3) is 2.27. The molecular formula is C12H9ClN4S. The summed E-state index contributed by atoms with van der Waals surface area (Å²) < 4.78 is 1.00. The molecule has 1 N–H and O–H groups in total. The molecule has 0 spiro atoms. The number of benzene rings is 1. The van der Waals surface area contributed by atoms with Crippen molar-refractivity contribution in [2.45, 2.75) is 6.54 Å². The van der Waals surface area contributed by atoms with Gasteiger partial charge in [0.15, 0.2) is 5.13 Å². The molecule has 0 saturated heterocycles. The summed E-state index contributed by atoms with van der Waals surface area (Å²) in [6, 6.07) is 7.59. The minimum Gasteiger partial charge on any atom is -0.356 e. The van der Waals surface area contributed by atoms with Crippen molar-refractivity contribution >= 4 is 38.3 Å². The van der Waals surface area contributed by atoms with Crippen LogP contribution in [0.25, 0.3) is 10.2 Å². The number of hydrogen-bond donors (Lipinski definition) is 1. The minimum absolute atomic E-state index is 0.625. The van der Waals surface area contributed by atoms with E-state index in [0.29, 0.717) is 6.54 Å². The zero-order chi connectivity index (χ0) is 12.4. The number of aromatic nitrogens is 3. The maximum absolute atomic E-state index is 6.11. The number of fused-ring (bicyclic) bond motifs is 1. The number of rotatable bonds is 3. The van der Waals surface area contributed by atoms with Gasteiger partial charge in [0.25, 0.3) is 0 Å². The van der Waals surface area contributed by atoms with Gasteiger partial charge in [-0.1, -0.05) is 29.0 Å².